The van der Waals surface area contributed by atoms with Crippen LogP contribution in [-0.2, 0) is 4.79 Å². The van der Waals surface area contributed by atoms with Gasteiger partial charge in [-0.2, -0.15) is 0 Å². The van der Waals surface area contributed by atoms with Crippen molar-refractivity contribution in [2.45, 2.75) is 13.3 Å². The lowest BCUT2D eigenvalue weighted by atomic mass is 10.1. The Morgan fingerprint density at radius 2 is 2.28 bits per heavy atom. The highest BCUT2D eigenvalue weighted by Crippen LogP contribution is 2.30. The largest absolute Gasteiger partial charge is 0.396 e. The Labute approximate surface area is 104 Å². The Hall–Kier alpha value is -1.95. The first kappa shape index (κ1) is 12.5. The molecule has 1 aromatic rings. The van der Waals surface area contributed by atoms with Gasteiger partial charge in [0.15, 0.2) is 0 Å². The van der Waals surface area contributed by atoms with E-state index in [1.165, 1.54) is 17.0 Å². The van der Waals surface area contributed by atoms with E-state index < -0.39 is 4.92 Å². The van der Waals surface area contributed by atoms with Gasteiger partial charge in [-0.3, -0.25) is 14.9 Å². The third kappa shape index (κ3) is 2.19. The molecule has 1 saturated heterocycles. The molecular formula is C12H14N2O4. The summed E-state index contributed by atoms with van der Waals surface area (Å²) in [6.07, 6.45) is 0.290. The summed E-state index contributed by atoms with van der Waals surface area (Å²) in [6.45, 7) is 2.17. The van der Waals surface area contributed by atoms with Crippen molar-refractivity contribution < 1.29 is 14.8 Å². The predicted molar refractivity (Wildman–Crippen MR) is 65.4 cm³/mol. The molecule has 1 amide bonds. The van der Waals surface area contributed by atoms with Crippen LogP contribution in [0.25, 0.3) is 0 Å². The highest BCUT2D eigenvalue weighted by molar-refractivity contribution is 5.96. The lowest BCUT2D eigenvalue weighted by Gasteiger charge is -2.18. The van der Waals surface area contributed by atoms with Gasteiger partial charge in [0.2, 0.25) is 5.91 Å². The number of non-ortho nitro benzene ring substituents is 1. The van der Waals surface area contributed by atoms with Crippen LogP contribution in [0.5, 0.6) is 0 Å². The van der Waals surface area contributed by atoms with Crippen LogP contribution in [0.15, 0.2) is 18.2 Å². The van der Waals surface area contributed by atoms with Gasteiger partial charge in [-0.15, -0.1) is 0 Å². The van der Waals surface area contributed by atoms with Gasteiger partial charge in [0.25, 0.3) is 5.69 Å². The zero-order chi connectivity index (χ0) is 13.3. The number of rotatable bonds is 3. The monoisotopic (exact) mass is 250 g/mol. The first-order valence-electron chi connectivity index (χ1n) is 5.69. The van der Waals surface area contributed by atoms with E-state index in [0.29, 0.717) is 18.7 Å². The normalized spacial score (nSPS) is 19.3. The van der Waals surface area contributed by atoms with Gasteiger partial charge < -0.3 is 10.0 Å². The van der Waals surface area contributed by atoms with Crippen LogP contribution in [-0.4, -0.2) is 29.1 Å². The Kier molecular flexibility index (Phi) is 3.29. The summed E-state index contributed by atoms with van der Waals surface area (Å²) < 4.78 is 0. The summed E-state index contributed by atoms with van der Waals surface area (Å²) in [5.74, 6) is -0.186. The van der Waals surface area contributed by atoms with Crippen LogP contribution in [0.4, 0.5) is 11.4 Å². The minimum Gasteiger partial charge on any atom is -0.396 e. The molecule has 1 heterocycles. The number of carbonyl (C=O) groups excluding carboxylic acids is 1. The quantitative estimate of drug-likeness (QED) is 0.646. The zero-order valence-corrected chi connectivity index (χ0v) is 10.00. The number of anilines is 1. The number of aryl methyl sites for hydroxylation is 1. The number of benzene rings is 1. The maximum absolute atomic E-state index is 11.8. The van der Waals surface area contributed by atoms with E-state index in [4.69, 9.17) is 5.11 Å². The molecule has 1 aliphatic rings. The topological polar surface area (TPSA) is 83.7 Å². The Bertz CT molecular complexity index is 501. The molecule has 0 radical (unpaired) electrons. The van der Waals surface area contributed by atoms with E-state index >= 15 is 0 Å². The third-order valence-corrected chi connectivity index (χ3v) is 3.16. The van der Waals surface area contributed by atoms with E-state index in [-0.39, 0.29) is 24.1 Å². The van der Waals surface area contributed by atoms with E-state index in [0.717, 1.165) is 5.56 Å². The van der Waals surface area contributed by atoms with Crippen molar-refractivity contribution in [2.24, 2.45) is 5.92 Å². The Morgan fingerprint density at radius 3 is 2.83 bits per heavy atom. The van der Waals surface area contributed by atoms with Crippen LogP contribution in [0.2, 0.25) is 0 Å². The maximum Gasteiger partial charge on any atom is 0.271 e. The fourth-order valence-corrected chi connectivity index (χ4v) is 2.14. The number of nitro groups is 1. The molecule has 6 heteroatoms. The van der Waals surface area contributed by atoms with Crippen molar-refractivity contribution in [1.82, 2.24) is 0 Å². The number of carbonyl (C=O) groups is 1. The van der Waals surface area contributed by atoms with Crippen LogP contribution in [0.3, 0.4) is 0 Å². The molecule has 1 fully saturated rings. The summed E-state index contributed by atoms with van der Waals surface area (Å²) in [5.41, 5.74) is 1.34. The molecule has 0 saturated carbocycles. The molecule has 96 valence electrons. The Balaban J connectivity index is 2.35. The number of hydrogen-bond donors (Lipinski definition) is 1. The van der Waals surface area contributed by atoms with Gasteiger partial charge in [-0.05, 0) is 12.5 Å². The molecule has 0 spiro atoms. The van der Waals surface area contributed by atoms with E-state index in [1.807, 2.05) is 0 Å². The molecule has 1 aromatic carbocycles. The van der Waals surface area contributed by atoms with Gasteiger partial charge in [0.1, 0.15) is 0 Å². The van der Waals surface area contributed by atoms with E-state index in [1.54, 1.807) is 13.0 Å². The number of aliphatic hydroxyl groups excluding tert-OH is 1. The molecule has 1 N–H and O–H groups in total. The minimum atomic E-state index is -0.479. The molecule has 0 aliphatic carbocycles. The van der Waals surface area contributed by atoms with Gasteiger partial charge in [-0.1, -0.05) is 6.07 Å². The van der Waals surface area contributed by atoms with Gasteiger partial charge in [0.05, 0.1) is 10.6 Å². The van der Waals surface area contributed by atoms with Gasteiger partial charge in [0, 0.05) is 37.6 Å². The number of nitrogens with zero attached hydrogens (tertiary/aromatic N) is 2. The van der Waals surface area contributed by atoms with Crippen molar-refractivity contribution in [1.29, 1.82) is 0 Å². The highest BCUT2D eigenvalue weighted by atomic mass is 16.6. The third-order valence-electron chi connectivity index (χ3n) is 3.16. The van der Waals surface area contributed by atoms with Crippen molar-refractivity contribution >= 4 is 17.3 Å². The lowest BCUT2D eigenvalue weighted by Crippen LogP contribution is -2.25. The second-order valence-corrected chi connectivity index (χ2v) is 4.48. The molecule has 18 heavy (non-hydrogen) atoms. The average Bonchev–Trinajstić information content (AvgIpc) is 2.71. The average molecular weight is 250 g/mol. The van der Waals surface area contributed by atoms with E-state index in [9.17, 15) is 14.9 Å². The number of aliphatic hydroxyl groups is 1. The lowest BCUT2D eigenvalue weighted by molar-refractivity contribution is -0.384. The first-order valence-corrected chi connectivity index (χ1v) is 5.69. The van der Waals surface area contributed by atoms with Crippen molar-refractivity contribution in [3.63, 3.8) is 0 Å². The second kappa shape index (κ2) is 4.73. The number of amides is 1. The van der Waals surface area contributed by atoms with Crippen molar-refractivity contribution in [3.05, 3.63) is 33.9 Å². The minimum absolute atomic E-state index is 0.0316. The van der Waals surface area contributed by atoms with Crippen LogP contribution in [0.1, 0.15) is 12.0 Å². The summed E-state index contributed by atoms with van der Waals surface area (Å²) in [7, 11) is 0. The summed E-state index contributed by atoms with van der Waals surface area (Å²) in [5, 5.41) is 19.8. The Morgan fingerprint density at radius 1 is 1.56 bits per heavy atom. The molecule has 1 aliphatic heterocycles. The molecule has 0 bridgehead atoms. The second-order valence-electron chi connectivity index (χ2n) is 4.48. The van der Waals surface area contributed by atoms with Crippen LogP contribution >= 0.6 is 0 Å². The first-order chi connectivity index (χ1) is 8.52. The maximum atomic E-state index is 11.8. The van der Waals surface area contributed by atoms with Crippen molar-refractivity contribution in [2.75, 3.05) is 18.1 Å². The molecule has 1 unspecified atom stereocenters. The van der Waals surface area contributed by atoms with Crippen LogP contribution in [0, 0.1) is 23.0 Å². The molecule has 1 atom stereocenters. The standard InChI is InChI=1S/C12H14N2O4/c1-8-2-3-10(14(17)18)5-11(8)13-6-9(7-15)4-12(13)16/h2-3,5,9,15H,4,6-7H2,1H3. The summed E-state index contributed by atoms with van der Waals surface area (Å²) >= 11 is 0. The van der Waals surface area contributed by atoms with Gasteiger partial charge >= 0.3 is 0 Å². The summed E-state index contributed by atoms with van der Waals surface area (Å²) in [4.78, 5) is 23.6. The SMILES string of the molecule is Cc1ccc([N+](=O)[O-])cc1N1CC(CO)CC1=O. The fraction of sp³-hybridized carbons (Fsp3) is 0.417. The molecular weight excluding hydrogens is 236 g/mol. The predicted octanol–water partition coefficient (Wildman–Crippen LogP) is 1.25. The van der Waals surface area contributed by atoms with E-state index in [2.05, 4.69) is 0 Å². The summed E-state index contributed by atoms with van der Waals surface area (Å²) in [6, 6.07) is 4.46. The molecule has 0 aromatic heterocycles. The number of nitro benzene ring substituents is 1. The van der Waals surface area contributed by atoms with Crippen molar-refractivity contribution in [3.8, 4) is 0 Å². The highest BCUT2D eigenvalue weighted by Gasteiger charge is 2.31. The molecule has 2 rings (SSSR count). The van der Waals surface area contributed by atoms with Crippen LogP contribution < -0.4 is 4.90 Å². The fourth-order valence-electron chi connectivity index (χ4n) is 2.14. The smallest absolute Gasteiger partial charge is 0.271 e. The zero-order valence-electron chi connectivity index (χ0n) is 10.00. The van der Waals surface area contributed by atoms with Gasteiger partial charge in [-0.25, -0.2) is 0 Å². The molecule has 6 nitrogen and oxygen atoms in total. The number of hydrogen-bond acceptors (Lipinski definition) is 4.